The molecule has 0 aliphatic rings. The van der Waals surface area contributed by atoms with Gasteiger partial charge < -0.3 is 9.32 Å². The van der Waals surface area contributed by atoms with E-state index in [0.717, 1.165) is 55.6 Å². The van der Waals surface area contributed by atoms with Gasteiger partial charge in [-0.3, -0.25) is 0 Å². The number of fused-ring (bicyclic) bond motifs is 4. The fourth-order valence-electron chi connectivity index (χ4n) is 6.59. The summed E-state index contributed by atoms with van der Waals surface area (Å²) < 4.78 is 6.17. The van der Waals surface area contributed by atoms with Gasteiger partial charge in [0.05, 0.1) is 0 Å². The Kier molecular flexibility index (Phi) is 6.80. The number of para-hydroxylation sites is 1. The highest BCUT2D eigenvalue weighted by molar-refractivity contribution is 6.04. The van der Waals surface area contributed by atoms with Crippen molar-refractivity contribution in [2.45, 2.75) is 0 Å². The summed E-state index contributed by atoms with van der Waals surface area (Å²) in [7, 11) is 0. The van der Waals surface area contributed by atoms with E-state index in [4.69, 9.17) is 9.40 Å². The van der Waals surface area contributed by atoms with Gasteiger partial charge >= 0.3 is 0 Å². The lowest BCUT2D eigenvalue weighted by molar-refractivity contribution is 0.620. The first kappa shape index (κ1) is 27.8. The van der Waals surface area contributed by atoms with E-state index in [0.29, 0.717) is 5.89 Å². The zero-order valence-corrected chi connectivity index (χ0v) is 26.1. The Morgan fingerprint density at radius 1 is 0.375 bits per heavy atom. The first-order valence-corrected chi connectivity index (χ1v) is 16.2. The lowest BCUT2D eigenvalue weighted by Gasteiger charge is -2.26. The smallest absolute Gasteiger partial charge is 0.227 e. The Bertz CT molecular complexity index is 2530. The van der Waals surface area contributed by atoms with Crippen LogP contribution in [0.4, 0.5) is 17.1 Å². The molecule has 3 heteroatoms. The highest BCUT2D eigenvalue weighted by atomic mass is 16.3. The largest absolute Gasteiger partial charge is 0.436 e. The van der Waals surface area contributed by atoms with Gasteiger partial charge in [-0.15, -0.1) is 0 Å². The number of hydrogen-bond acceptors (Lipinski definition) is 3. The van der Waals surface area contributed by atoms with Gasteiger partial charge in [0.15, 0.2) is 5.58 Å². The topological polar surface area (TPSA) is 29.3 Å². The van der Waals surface area contributed by atoms with Crippen LogP contribution in [0.2, 0.25) is 0 Å². The minimum absolute atomic E-state index is 0.633. The summed E-state index contributed by atoms with van der Waals surface area (Å²) >= 11 is 0. The zero-order valence-electron chi connectivity index (χ0n) is 26.1. The van der Waals surface area contributed by atoms with Crippen LogP contribution in [0.1, 0.15) is 0 Å². The average molecular weight is 615 g/mol. The van der Waals surface area contributed by atoms with E-state index in [2.05, 4.69) is 169 Å². The monoisotopic (exact) mass is 614 g/mol. The molecule has 0 unspecified atom stereocenters. The van der Waals surface area contributed by atoms with Crippen LogP contribution in [0.5, 0.6) is 0 Å². The molecule has 226 valence electrons. The molecule has 0 aliphatic carbocycles. The second-order valence-corrected chi connectivity index (χ2v) is 12.1. The molecule has 0 spiro atoms. The van der Waals surface area contributed by atoms with Crippen molar-refractivity contribution in [2.24, 2.45) is 0 Å². The molecule has 0 saturated heterocycles. The van der Waals surface area contributed by atoms with Crippen molar-refractivity contribution in [3.63, 3.8) is 0 Å². The highest BCUT2D eigenvalue weighted by Gasteiger charge is 2.14. The molecule has 3 nitrogen and oxygen atoms in total. The Hall–Kier alpha value is -6.45. The predicted molar refractivity (Wildman–Crippen MR) is 200 cm³/mol. The third kappa shape index (κ3) is 5.08. The van der Waals surface area contributed by atoms with E-state index in [1.54, 1.807) is 0 Å². The van der Waals surface area contributed by atoms with Gasteiger partial charge in [-0.05, 0) is 99.1 Å². The molecule has 9 rings (SSSR count). The molecule has 1 heterocycles. The van der Waals surface area contributed by atoms with Gasteiger partial charge in [-0.2, -0.15) is 0 Å². The van der Waals surface area contributed by atoms with Gasteiger partial charge in [0, 0.05) is 28.0 Å². The van der Waals surface area contributed by atoms with Crippen LogP contribution in [0.3, 0.4) is 0 Å². The van der Waals surface area contributed by atoms with Crippen LogP contribution in [-0.4, -0.2) is 4.98 Å². The van der Waals surface area contributed by atoms with Crippen LogP contribution < -0.4 is 4.90 Å². The van der Waals surface area contributed by atoms with Gasteiger partial charge in [0.25, 0.3) is 0 Å². The standard InChI is InChI=1S/C45H30N2O/c1-2-11-39(12-3-1)47(41-27-22-34(23-28-41)38-19-16-31-8-4-5-10-37(31)30-38)40-25-20-33(21-26-40)32-14-17-36(18-15-32)45-46-44-42-13-7-6-9-35(42)24-29-43(44)48-45/h1-30H. The van der Waals surface area contributed by atoms with Gasteiger partial charge in [-0.25, -0.2) is 4.98 Å². The third-order valence-corrected chi connectivity index (χ3v) is 9.10. The van der Waals surface area contributed by atoms with Crippen molar-refractivity contribution in [3.8, 4) is 33.7 Å². The molecular formula is C45H30N2O. The quantitative estimate of drug-likeness (QED) is 0.187. The summed E-state index contributed by atoms with van der Waals surface area (Å²) in [5, 5.41) is 4.77. The molecule has 48 heavy (non-hydrogen) atoms. The summed E-state index contributed by atoms with van der Waals surface area (Å²) in [4.78, 5) is 7.16. The van der Waals surface area contributed by atoms with E-state index in [9.17, 15) is 0 Å². The first-order valence-electron chi connectivity index (χ1n) is 16.2. The fraction of sp³-hybridized carbons (Fsp3) is 0. The van der Waals surface area contributed by atoms with Crippen molar-refractivity contribution in [3.05, 3.63) is 182 Å². The number of oxazole rings is 1. The van der Waals surface area contributed by atoms with E-state index < -0.39 is 0 Å². The predicted octanol–water partition coefficient (Wildman–Crippen LogP) is 12.6. The highest BCUT2D eigenvalue weighted by Crippen LogP contribution is 2.37. The Morgan fingerprint density at radius 2 is 0.875 bits per heavy atom. The zero-order chi connectivity index (χ0) is 31.9. The SMILES string of the molecule is c1ccc(N(c2ccc(-c3ccc(-c4nc5c(ccc6ccccc65)o4)cc3)cc2)c2ccc(-c3ccc4ccccc4c3)cc2)cc1. The number of hydrogen-bond donors (Lipinski definition) is 0. The maximum atomic E-state index is 6.17. The first-order chi connectivity index (χ1) is 23.8. The lowest BCUT2D eigenvalue weighted by Crippen LogP contribution is -2.09. The molecule has 0 fully saturated rings. The van der Waals surface area contributed by atoms with Gasteiger partial charge in [0.1, 0.15) is 5.52 Å². The van der Waals surface area contributed by atoms with Crippen LogP contribution in [-0.2, 0) is 0 Å². The number of aromatic nitrogens is 1. The van der Waals surface area contributed by atoms with E-state index in [-0.39, 0.29) is 0 Å². The number of anilines is 3. The summed E-state index contributed by atoms with van der Waals surface area (Å²) in [6.45, 7) is 0. The Labute approximate surface area is 279 Å². The molecule has 9 aromatic rings. The van der Waals surface area contributed by atoms with Crippen molar-refractivity contribution in [1.29, 1.82) is 0 Å². The van der Waals surface area contributed by atoms with Crippen molar-refractivity contribution >= 4 is 49.7 Å². The van der Waals surface area contributed by atoms with Crippen molar-refractivity contribution in [1.82, 2.24) is 4.98 Å². The molecular weight excluding hydrogens is 585 g/mol. The third-order valence-electron chi connectivity index (χ3n) is 9.10. The van der Waals surface area contributed by atoms with Crippen LogP contribution >= 0.6 is 0 Å². The molecule has 0 bridgehead atoms. The second-order valence-electron chi connectivity index (χ2n) is 12.1. The van der Waals surface area contributed by atoms with Gasteiger partial charge in [-0.1, -0.05) is 121 Å². The summed E-state index contributed by atoms with van der Waals surface area (Å²) in [5.41, 5.74) is 10.7. The molecule has 1 aromatic heterocycles. The molecule has 0 N–H and O–H groups in total. The number of nitrogens with zero attached hydrogens (tertiary/aromatic N) is 2. The molecule has 0 atom stereocenters. The van der Waals surface area contributed by atoms with Crippen LogP contribution in [0.15, 0.2) is 186 Å². The Morgan fingerprint density at radius 3 is 1.58 bits per heavy atom. The Balaban J connectivity index is 1.00. The van der Waals surface area contributed by atoms with E-state index in [1.807, 2.05) is 18.2 Å². The van der Waals surface area contributed by atoms with Gasteiger partial charge in [0.2, 0.25) is 5.89 Å². The van der Waals surface area contributed by atoms with Crippen molar-refractivity contribution in [2.75, 3.05) is 4.90 Å². The molecule has 0 amide bonds. The number of rotatable bonds is 6. The maximum absolute atomic E-state index is 6.17. The average Bonchev–Trinajstić information content (AvgIpc) is 3.61. The van der Waals surface area contributed by atoms with E-state index >= 15 is 0 Å². The maximum Gasteiger partial charge on any atom is 0.227 e. The number of benzene rings is 8. The van der Waals surface area contributed by atoms with Crippen molar-refractivity contribution < 1.29 is 4.42 Å². The van der Waals surface area contributed by atoms with Crippen LogP contribution in [0.25, 0.3) is 66.4 Å². The summed E-state index contributed by atoms with van der Waals surface area (Å²) in [5.74, 6) is 0.633. The minimum Gasteiger partial charge on any atom is -0.436 e. The second kappa shape index (κ2) is 11.7. The summed E-state index contributed by atoms with van der Waals surface area (Å²) in [6, 6.07) is 64.1. The fourth-order valence-corrected chi connectivity index (χ4v) is 6.59. The normalized spacial score (nSPS) is 11.3. The summed E-state index contributed by atoms with van der Waals surface area (Å²) in [6.07, 6.45) is 0. The molecule has 0 radical (unpaired) electrons. The van der Waals surface area contributed by atoms with Crippen LogP contribution in [0, 0.1) is 0 Å². The molecule has 0 aliphatic heterocycles. The van der Waals surface area contributed by atoms with E-state index in [1.165, 1.54) is 21.9 Å². The molecule has 8 aromatic carbocycles. The minimum atomic E-state index is 0.633. The molecule has 0 saturated carbocycles. The lowest BCUT2D eigenvalue weighted by atomic mass is 10.0.